The van der Waals surface area contributed by atoms with E-state index in [1.165, 1.54) is 38.2 Å². The number of benzene rings is 1. The lowest BCUT2D eigenvalue weighted by molar-refractivity contribution is -0.163. The van der Waals surface area contributed by atoms with Crippen LogP contribution in [0.15, 0.2) is 29.4 Å². The molecule has 0 radical (unpaired) electrons. The Morgan fingerprint density at radius 2 is 1.87 bits per heavy atom. The molecule has 6 rings (SSSR count). The molecule has 4 fully saturated rings. The van der Waals surface area contributed by atoms with Crippen LogP contribution in [0.2, 0.25) is 0 Å². The molecule has 172 valence electrons. The van der Waals surface area contributed by atoms with Crippen molar-refractivity contribution in [2.24, 2.45) is 5.10 Å². The van der Waals surface area contributed by atoms with Crippen LogP contribution in [0.3, 0.4) is 0 Å². The highest BCUT2D eigenvalue weighted by molar-refractivity contribution is 5.47. The van der Waals surface area contributed by atoms with E-state index in [2.05, 4.69) is 20.7 Å². The lowest BCUT2D eigenvalue weighted by Gasteiger charge is -2.48. The van der Waals surface area contributed by atoms with Gasteiger partial charge in [0, 0.05) is 32.9 Å². The van der Waals surface area contributed by atoms with Crippen LogP contribution in [0.1, 0.15) is 50.0 Å². The molecule has 1 spiro atoms. The molecular weight excluding hydrogens is 399 g/mol. The molecule has 1 atom stereocenters. The fraction of sp³-hybridized carbons (Fsp3) is 0.696. The third kappa shape index (κ3) is 6.38. The predicted octanol–water partition coefficient (Wildman–Crippen LogP) is 2.79. The van der Waals surface area contributed by atoms with E-state index in [1.807, 2.05) is 6.07 Å². The van der Waals surface area contributed by atoms with Crippen molar-refractivity contribution in [2.75, 3.05) is 46.0 Å². The maximum Gasteiger partial charge on any atom is 0.246 e. The van der Waals surface area contributed by atoms with E-state index in [-0.39, 0.29) is 17.8 Å². The Balaban J connectivity index is 0.000000123. The van der Waals surface area contributed by atoms with Crippen molar-refractivity contribution in [1.82, 2.24) is 15.6 Å². The minimum absolute atomic E-state index is 0.0603. The summed E-state index contributed by atoms with van der Waals surface area (Å²) < 4.78 is 28.8. The van der Waals surface area contributed by atoms with E-state index in [0.717, 1.165) is 64.4 Å². The summed E-state index contributed by atoms with van der Waals surface area (Å²) >= 11 is 0. The first-order valence-electron chi connectivity index (χ1n) is 11.6. The standard InChI is InChI=1S/C11H14FN.C8H13N3O2.C4H8O/c12-11-3-1-2-10(8-11)9-4-6-13-7-5-9;1-2-8(13-3-1)4-11(5-8)7-10-9-6-12-7;1-2-4-5-3-1/h1-3,8-9,13H,4-7H2;6-7,10H,1-5H2;1-4H2. The molecule has 31 heavy (non-hydrogen) atoms. The molecule has 5 aliphatic rings. The molecule has 0 bridgehead atoms. The average molecular weight is 435 g/mol. The first-order valence-corrected chi connectivity index (χ1v) is 11.6. The fourth-order valence-electron chi connectivity index (χ4n) is 4.67. The van der Waals surface area contributed by atoms with Gasteiger partial charge in [-0.15, -0.1) is 5.10 Å². The lowest BCUT2D eigenvalue weighted by atomic mass is 9.90. The second-order valence-electron chi connectivity index (χ2n) is 8.79. The van der Waals surface area contributed by atoms with Gasteiger partial charge in [-0.1, -0.05) is 12.1 Å². The molecule has 5 aliphatic heterocycles. The van der Waals surface area contributed by atoms with Crippen LogP contribution in [-0.4, -0.2) is 69.3 Å². The molecule has 8 heteroatoms. The average Bonchev–Trinajstić information content (AvgIpc) is 3.58. The number of hydrogen-bond donors (Lipinski definition) is 2. The van der Waals surface area contributed by atoms with E-state index in [9.17, 15) is 4.39 Å². The minimum atomic E-state index is -0.115. The van der Waals surface area contributed by atoms with Crippen molar-refractivity contribution < 1.29 is 18.6 Å². The molecule has 0 amide bonds. The van der Waals surface area contributed by atoms with E-state index < -0.39 is 0 Å². The maximum atomic E-state index is 12.9. The predicted molar refractivity (Wildman–Crippen MR) is 117 cm³/mol. The van der Waals surface area contributed by atoms with Crippen LogP contribution >= 0.6 is 0 Å². The summed E-state index contributed by atoms with van der Waals surface area (Å²) in [6, 6.07) is 6.99. The molecule has 2 N–H and O–H groups in total. The van der Waals surface area contributed by atoms with E-state index in [1.54, 1.807) is 12.1 Å². The maximum absolute atomic E-state index is 12.9. The molecule has 4 saturated heterocycles. The summed E-state index contributed by atoms with van der Waals surface area (Å²) in [5, 5.41) is 7.11. The highest BCUT2D eigenvalue weighted by atomic mass is 19.1. The minimum Gasteiger partial charge on any atom is -0.444 e. The summed E-state index contributed by atoms with van der Waals surface area (Å²) in [4.78, 5) is 2.19. The number of rotatable bonds is 2. The third-order valence-electron chi connectivity index (χ3n) is 6.41. The number of nitrogens with one attached hydrogen (secondary N) is 2. The Hall–Kier alpha value is -1.74. The molecule has 1 aromatic rings. The highest BCUT2D eigenvalue weighted by Crippen LogP contribution is 2.35. The zero-order valence-corrected chi connectivity index (χ0v) is 18.2. The SMILES string of the molecule is C1=NNC(N2CC3(CCCO3)C2)O1.C1CCOC1.Fc1cccc(C2CCNCC2)c1. The zero-order valence-electron chi connectivity index (χ0n) is 18.2. The van der Waals surface area contributed by atoms with Gasteiger partial charge in [0.25, 0.3) is 0 Å². The van der Waals surface area contributed by atoms with Gasteiger partial charge in [-0.25, -0.2) is 9.29 Å². The zero-order chi connectivity index (χ0) is 21.4. The first kappa shape index (κ1) is 22.5. The molecule has 5 heterocycles. The smallest absolute Gasteiger partial charge is 0.246 e. The molecule has 0 aliphatic carbocycles. The van der Waals surface area contributed by atoms with Crippen molar-refractivity contribution >= 4 is 6.40 Å². The molecule has 7 nitrogen and oxygen atoms in total. The molecular formula is C23H35FN4O3. The van der Waals surface area contributed by atoms with Gasteiger partial charge in [-0.05, 0) is 75.2 Å². The number of piperidine rings is 1. The number of likely N-dealkylation sites (tertiary alicyclic amines) is 1. The van der Waals surface area contributed by atoms with Crippen molar-refractivity contribution in [2.45, 2.75) is 56.4 Å². The number of ether oxygens (including phenoxy) is 3. The molecule has 1 unspecified atom stereocenters. The number of hydrogen-bond acceptors (Lipinski definition) is 7. The topological polar surface area (TPSA) is 67.4 Å². The summed E-state index contributed by atoms with van der Waals surface area (Å²) in [5.74, 6) is 0.438. The summed E-state index contributed by atoms with van der Waals surface area (Å²) in [6.07, 6.45) is 8.59. The normalized spacial score (nSPS) is 26.8. The summed E-state index contributed by atoms with van der Waals surface area (Å²) in [7, 11) is 0. The fourth-order valence-corrected chi connectivity index (χ4v) is 4.67. The Kier molecular flexibility index (Phi) is 8.13. The molecule has 1 aromatic carbocycles. The van der Waals surface area contributed by atoms with Crippen LogP contribution in [-0.2, 0) is 14.2 Å². The van der Waals surface area contributed by atoms with Crippen LogP contribution in [0, 0.1) is 5.82 Å². The van der Waals surface area contributed by atoms with Gasteiger partial charge in [0.1, 0.15) is 5.82 Å². The van der Waals surface area contributed by atoms with Crippen LogP contribution in [0.25, 0.3) is 0 Å². The van der Waals surface area contributed by atoms with E-state index in [4.69, 9.17) is 14.2 Å². The van der Waals surface area contributed by atoms with Gasteiger partial charge < -0.3 is 19.5 Å². The van der Waals surface area contributed by atoms with Crippen molar-refractivity contribution in [3.63, 3.8) is 0 Å². The Bertz CT molecular complexity index is 680. The van der Waals surface area contributed by atoms with Crippen molar-refractivity contribution in [3.05, 3.63) is 35.6 Å². The van der Waals surface area contributed by atoms with Gasteiger partial charge in [0.2, 0.25) is 6.35 Å². The molecule has 0 saturated carbocycles. The number of hydrazone groups is 1. The van der Waals surface area contributed by atoms with Crippen LogP contribution in [0.5, 0.6) is 0 Å². The lowest BCUT2D eigenvalue weighted by Crippen LogP contribution is -2.66. The van der Waals surface area contributed by atoms with E-state index in [0.29, 0.717) is 5.92 Å². The Morgan fingerprint density at radius 3 is 2.45 bits per heavy atom. The largest absolute Gasteiger partial charge is 0.444 e. The van der Waals surface area contributed by atoms with Gasteiger partial charge in [0.05, 0.1) is 5.60 Å². The quantitative estimate of drug-likeness (QED) is 0.746. The van der Waals surface area contributed by atoms with E-state index >= 15 is 0 Å². The van der Waals surface area contributed by atoms with Gasteiger partial charge in [-0.2, -0.15) is 0 Å². The third-order valence-corrected chi connectivity index (χ3v) is 6.41. The van der Waals surface area contributed by atoms with Gasteiger partial charge in [-0.3, -0.25) is 5.43 Å². The summed E-state index contributed by atoms with van der Waals surface area (Å²) in [5.41, 5.74) is 4.18. The van der Waals surface area contributed by atoms with Gasteiger partial charge >= 0.3 is 0 Å². The second-order valence-corrected chi connectivity index (χ2v) is 8.79. The monoisotopic (exact) mass is 434 g/mol. The Labute approximate surface area is 184 Å². The van der Waals surface area contributed by atoms with Crippen LogP contribution in [0.4, 0.5) is 4.39 Å². The highest BCUT2D eigenvalue weighted by Gasteiger charge is 2.49. The van der Waals surface area contributed by atoms with Crippen molar-refractivity contribution in [3.8, 4) is 0 Å². The number of halogens is 1. The second kappa shape index (κ2) is 11.2. The Morgan fingerprint density at radius 1 is 1.06 bits per heavy atom. The first-order chi connectivity index (χ1) is 15.2. The van der Waals surface area contributed by atoms with Gasteiger partial charge in [0.15, 0.2) is 6.40 Å². The molecule has 0 aromatic heterocycles. The van der Waals surface area contributed by atoms with Crippen molar-refractivity contribution in [1.29, 1.82) is 0 Å². The summed E-state index contributed by atoms with van der Waals surface area (Å²) in [6.45, 7) is 6.97. The van der Waals surface area contributed by atoms with Crippen LogP contribution < -0.4 is 10.7 Å². The number of nitrogens with zero attached hydrogens (tertiary/aromatic N) is 2.